The summed E-state index contributed by atoms with van der Waals surface area (Å²) in [7, 11) is 4.18. The molecule has 3 rings (SSSR count). The van der Waals surface area contributed by atoms with Crippen LogP contribution in [-0.4, -0.2) is 22.9 Å². The molecule has 4 unspecified atom stereocenters. The lowest BCUT2D eigenvalue weighted by Gasteiger charge is -2.26. The molecule has 1 heterocycles. The predicted octanol–water partition coefficient (Wildman–Crippen LogP) is 2.99. The van der Waals surface area contributed by atoms with Crippen molar-refractivity contribution in [3.63, 3.8) is 0 Å². The summed E-state index contributed by atoms with van der Waals surface area (Å²) in [5.41, 5.74) is 3.99. The van der Waals surface area contributed by atoms with E-state index < -0.39 is 0 Å². The van der Waals surface area contributed by atoms with Gasteiger partial charge in [-0.05, 0) is 76.3 Å². The predicted molar refractivity (Wildman–Crippen MR) is 82.8 cm³/mol. The topological polar surface area (TPSA) is 29.9 Å². The third-order valence-corrected chi connectivity index (χ3v) is 5.99. The van der Waals surface area contributed by atoms with E-state index in [4.69, 9.17) is 0 Å². The van der Waals surface area contributed by atoms with Crippen LogP contribution in [0.15, 0.2) is 0 Å². The highest BCUT2D eigenvalue weighted by Gasteiger charge is 2.40. The van der Waals surface area contributed by atoms with E-state index in [0.717, 1.165) is 24.2 Å². The molecule has 0 saturated heterocycles. The molecule has 2 bridgehead atoms. The zero-order chi connectivity index (χ0) is 14.3. The average molecular weight is 275 g/mol. The smallest absolute Gasteiger partial charge is 0.0628 e. The molecule has 2 aliphatic carbocycles. The molecule has 0 radical (unpaired) electrons. The van der Waals surface area contributed by atoms with Gasteiger partial charge in [0.05, 0.1) is 5.69 Å². The van der Waals surface area contributed by atoms with Crippen molar-refractivity contribution in [1.82, 2.24) is 15.1 Å². The molecule has 2 saturated carbocycles. The van der Waals surface area contributed by atoms with Gasteiger partial charge in [-0.15, -0.1) is 0 Å². The van der Waals surface area contributed by atoms with Gasteiger partial charge in [0.1, 0.15) is 0 Å². The molecule has 1 aromatic heterocycles. The van der Waals surface area contributed by atoms with Crippen molar-refractivity contribution in [2.75, 3.05) is 7.05 Å². The van der Waals surface area contributed by atoms with Gasteiger partial charge in [-0.3, -0.25) is 4.68 Å². The normalized spacial score (nSPS) is 30.1. The standard InChI is InChI=1S/C17H29N3/c1-11-17(12(2)20(4)19-11)10-16(18-3)9-15-8-13-5-6-14(15)7-13/h13-16,18H,5-10H2,1-4H3. The lowest BCUT2D eigenvalue weighted by molar-refractivity contribution is 0.281. The molecular weight excluding hydrogens is 246 g/mol. The number of nitrogens with one attached hydrogen (secondary N) is 1. The largest absolute Gasteiger partial charge is 0.317 e. The number of hydrogen-bond acceptors (Lipinski definition) is 2. The van der Waals surface area contributed by atoms with Gasteiger partial charge in [-0.25, -0.2) is 0 Å². The lowest BCUT2D eigenvalue weighted by atomic mass is 9.83. The monoisotopic (exact) mass is 275 g/mol. The fraction of sp³-hybridized carbons (Fsp3) is 0.824. The first-order valence-electron chi connectivity index (χ1n) is 8.24. The number of hydrogen-bond donors (Lipinski definition) is 1. The molecular formula is C17H29N3. The Morgan fingerprint density at radius 3 is 2.60 bits per heavy atom. The Kier molecular flexibility index (Phi) is 3.89. The zero-order valence-electron chi connectivity index (χ0n) is 13.4. The number of aryl methyl sites for hydroxylation is 2. The maximum atomic E-state index is 4.56. The second-order valence-corrected chi connectivity index (χ2v) is 7.13. The molecule has 0 amide bonds. The molecule has 20 heavy (non-hydrogen) atoms. The Balaban J connectivity index is 1.65. The minimum absolute atomic E-state index is 0.612. The van der Waals surface area contributed by atoms with Crippen LogP contribution in [0, 0.1) is 31.6 Å². The quantitative estimate of drug-likeness (QED) is 0.895. The van der Waals surface area contributed by atoms with Gasteiger partial charge in [0.25, 0.3) is 0 Å². The molecule has 1 aromatic rings. The number of aromatic nitrogens is 2. The molecule has 3 nitrogen and oxygen atoms in total. The second kappa shape index (κ2) is 5.51. The van der Waals surface area contributed by atoms with Gasteiger partial charge in [0, 0.05) is 18.8 Å². The SMILES string of the molecule is CNC(Cc1c(C)nn(C)c1C)CC1CC2CCC1C2. The van der Waals surface area contributed by atoms with Gasteiger partial charge in [-0.2, -0.15) is 5.10 Å². The van der Waals surface area contributed by atoms with E-state index in [2.05, 4.69) is 38.4 Å². The van der Waals surface area contributed by atoms with Crippen LogP contribution in [0.3, 0.4) is 0 Å². The van der Waals surface area contributed by atoms with Crippen LogP contribution < -0.4 is 5.32 Å². The van der Waals surface area contributed by atoms with Gasteiger partial charge in [0.2, 0.25) is 0 Å². The van der Waals surface area contributed by atoms with Crippen LogP contribution in [0.4, 0.5) is 0 Å². The van der Waals surface area contributed by atoms with Crippen molar-refractivity contribution in [3.8, 4) is 0 Å². The van der Waals surface area contributed by atoms with Gasteiger partial charge in [-0.1, -0.05) is 6.42 Å². The molecule has 0 aliphatic heterocycles. The van der Waals surface area contributed by atoms with Gasteiger partial charge in [0.15, 0.2) is 0 Å². The van der Waals surface area contributed by atoms with E-state index in [1.807, 2.05) is 4.68 Å². The average Bonchev–Trinajstić information content (AvgIpc) is 3.09. The first-order chi connectivity index (χ1) is 9.58. The third kappa shape index (κ3) is 2.52. The Labute approximate surface area is 123 Å². The summed E-state index contributed by atoms with van der Waals surface area (Å²) in [6.07, 6.45) is 8.50. The van der Waals surface area contributed by atoms with Crippen molar-refractivity contribution in [2.45, 2.75) is 58.4 Å². The number of likely N-dealkylation sites (N-methyl/N-ethyl adjacent to an activating group) is 1. The van der Waals surface area contributed by atoms with E-state index >= 15 is 0 Å². The van der Waals surface area contributed by atoms with Crippen LogP contribution in [0.25, 0.3) is 0 Å². The molecule has 4 atom stereocenters. The molecule has 0 spiro atoms. The Hall–Kier alpha value is -0.830. The van der Waals surface area contributed by atoms with Crippen molar-refractivity contribution in [2.24, 2.45) is 24.8 Å². The highest BCUT2D eigenvalue weighted by Crippen LogP contribution is 2.50. The molecule has 112 valence electrons. The summed E-state index contributed by atoms with van der Waals surface area (Å²) >= 11 is 0. The minimum Gasteiger partial charge on any atom is -0.317 e. The summed E-state index contributed by atoms with van der Waals surface area (Å²) in [5.74, 6) is 3.07. The van der Waals surface area contributed by atoms with Gasteiger partial charge >= 0.3 is 0 Å². The van der Waals surface area contributed by atoms with Crippen molar-refractivity contribution in [1.29, 1.82) is 0 Å². The first-order valence-corrected chi connectivity index (χ1v) is 8.24. The summed E-state index contributed by atoms with van der Waals surface area (Å²) in [6.45, 7) is 4.34. The van der Waals surface area contributed by atoms with Gasteiger partial charge < -0.3 is 5.32 Å². The summed E-state index contributed by atoms with van der Waals surface area (Å²) in [4.78, 5) is 0. The Morgan fingerprint density at radius 1 is 1.30 bits per heavy atom. The summed E-state index contributed by atoms with van der Waals surface area (Å²) in [6, 6.07) is 0.612. The maximum Gasteiger partial charge on any atom is 0.0628 e. The molecule has 2 aliphatic rings. The van der Waals surface area contributed by atoms with Crippen LogP contribution >= 0.6 is 0 Å². The Morgan fingerprint density at radius 2 is 2.10 bits per heavy atom. The van der Waals surface area contributed by atoms with E-state index in [1.165, 1.54) is 49.1 Å². The first kappa shape index (κ1) is 14.1. The third-order valence-electron chi connectivity index (χ3n) is 5.99. The van der Waals surface area contributed by atoms with Crippen LogP contribution in [-0.2, 0) is 13.5 Å². The van der Waals surface area contributed by atoms with Crippen LogP contribution in [0.1, 0.15) is 49.1 Å². The maximum absolute atomic E-state index is 4.56. The zero-order valence-corrected chi connectivity index (χ0v) is 13.4. The molecule has 3 heteroatoms. The molecule has 0 aromatic carbocycles. The summed E-state index contributed by atoms with van der Waals surface area (Å²) < 4.78 is 2.02. The Bertz CT molecular complexity index is 477. The minimum atomic E-state index is 0.612. The van der Waals surface area contributed by atoms with Crippen LogP contribution in [0.5, 0.6) is 0 Å². The van der Waals surface area contributed by atoms with Crippen molar-refractivity contribution in [3.05, 3.63) is 17.0 Å². The highest BCUT2D eigenvalue weighted by atomic mass is 15.3. The summed E-state index contributed by atoms with van der Waals surface area (Å²) in [5, 5.41) is 8.12. The van der Waals surface area contributed by atoms with E-state index in [-0.39, 0.29) is 0 Å². The van der Waals surface area contributed by atoms with E-state index in [0.29, 0.717) is 6.04 Å². The van der Waals surface area contributed by atoms with E-state index in [1.54, 1.807) is 0 Å². The van der Waals surface area contributed by atoms with E-state index in [9.17, 15) is 0 Å². The number of fused-ring (bicyclic) bond motifs is 2. The second-order valence-electron chi connectivity index (χ2n) is 7.13. The van der Waals surface area contributed by atoms with Crippen molar-refractivity contribution < 1.29 is 0 Å². The molecule has 1 N–H and O–H groups in total. The lowest BCUT2D eigenvalue weighted by Crippen LogP contribution is -2.32. The number of nitrogens with zero attached hydrogens (tertiary/aromatic N) is 2. The van der Waals surface area contributed by atoms with Crippen LogP contribution in [0.2, 0.25) is 0 Å². The fourth-order valence-corrected chi connectivity index (χ4v) is 4.69. The van der Waals surface area contributed by atoms with Crippen molar-refractivity contribution >= 4 is 0 Å². The highest BCUT2D eigenvalue weighted by molar-refractivity contribution is 5.25. The molecule has 2 fully saturated rings. The fourth-order valence-electron chi connectivity index (χ4n) is 4.69. The number of rotatable bonds is 5.